The third-order valence-electron chi connectivity index (χ3n) is 7.33. The maximum absolute atomic E-state index is 14.0. The van der Waals surface area contributed by atoms with Crippen molar-refractivity contribution in [3.8, 4) is 5.69 Å². The van der Waals surface area contributed by atoms with E-state index >= 15 is 0 Å². The highest BCUT2D eigenvalue weighted by atomic mass is 19.1. The van der Waals surface area contributed by atoms with E-state index in [9.17, 15) is 9.18 Å². The van der Waals surface area contributed by atoms with Crippen LogP contribution in [0.4, 0.5) is 10.2 Å². The molecule has 3 aliphatic rings. The molecule has 0 radical (unpaired) electrons. The molecule has 1 aliphatic carbocycles. The number of aromatic nitrogens is 6. The van der Waals surface area contributed by atoms with Crippen molar-refractivity contribution in [2.24, 2.45) is 11.8 Å². The van der Waals surface area contributed by atoms with Crippen LogP contribution in [0.1, 0.15) is 35.9 Å². The second-order valence-corrected chi connectivity index (χ2v) is 9.43. The van der Waals surface area contributed by atoms with Gasteiger partial charge in [-0.15, -0.1) is 4.80 Å². The van der Waals surface area contributed by atoms with Gasteiger partial charge in [-0.1, -0.05) is 6.92 Å². The molecule has 4 aromatic rings. The third kappa shape index (κ3) is 3.78. The number of piperidine rings is 2. The standard InChI is InChI=1S/C25H25FN8O/c1-14-3-6-21(34-29-7-8-30-34)24(31-14)25(35)33-18-9-16(10-18)15(2)22(33)12-28-23-13-27-20-11-17(26)4-5-19(20)32-23/h3-8,11,13,15-16,18,22H,9-10,12H2,1-2H3,(H,28,32)/t15-,16?,18?,22-/m1/s1. The number of hydrogen-bond donors (Lipinski definition) is 1. The fraction of sp³-hybridized carbons (Fsp3) is 0.360. The smallest absolute Gasteiger partial charge is 0.275 e. The number of anilines is 1. The van der Waals surface area contributed by atoms with Gasteiger partial charge in [0.15, 0.2) is 5.69 Å². The lowest BCUT2D eigenvalue weighted by Crippen LogP contribution is -2.64. The van der Waals surface area contributed by atoms with Crippen LogP contribution in [0.3, 0.4) is 0 Å². The lowest BCUT2D eigenvalue weighted by molar-refractivity contribution is -0.0505. The zero-order valence-corrected chi connectivity index (χ0v) is 19.5. The number of halogens is 1. The second-order valence-electron chi connectivity index (χ2n) is 9.43. The molecule has 1 saturated carbocycles. The quantitative estimate of drug-likeness (QED) is 0.475. The molecule has 2 bridgehead atoms. The Hall–Kier alpha value is -3.95. The SMILES string of the molecule is Cc1ccc(-n2nccn2)c(C(=O)N2C3CC(C3)[C@@H](C)[C@H]2CNc2cnc3cc(F)ccc3n2)n1. The van der Waals surface area contributed by atoms with E-state index in [4.69, 9.17) is 0 Å². The van der Waals surface area contributed by atoms with Gasteiger partial charge in [0.2, 0.25) is 0 Å². The predicted molar refractivity (Wildman–Crippen MR) is 128 cm³/mol. The van der Waals surface area contributed by atoms with Crippen LogP contribution in [0, 0.1) is 24.6 Å². The van der Waals surface area contributed by atoms with Crippen molar-refractivity contribution in [3.05, 3.63) is 66.1 Å². The largest absolute Gasteiger partial charge is 0.367 e. The molecular weight excluding hydrogens is 447 g/mol. The number of hydrogen-bond acceptors (Lipinski definition) is 7. The Morgan fingerprint density at radius 1 is 1.11 bits per heavy atom. The summed E-state index contributed by atoms with van der Waals surface area (Å²) in [6, 6.07) is 8.20. The van der Waals surface area contributed by atoms with Gasteiger partial charge in [0.1, 0.15) is 17.3 Å². The molecule has 2 aliphatic heterocycles. The van der Waals surface area contributed by atoms with Gasteiger partial charge >= 0.3 is 0 Å². The molecule has 178 valence electrons. The normalized spacial score (nSPS) is 23.2. The summed E-state index contributed by atoms with van der Waals surface area (Å²) in [5.74, 6) is 1.06. The molecule has 3 aromatic heterocycles. The number of carbonyl (C=O) groups is 1. The summed E-state index contributed by atoms with van der Waals surface area (Å²) in [7, 11) is 0. The molecule has 2 saturated heterocycles. The Bertz CT molecular complexity index is 1400. The Morgan fingerprint density at radius 2 is 1.91 bits per heavy atom. The lowest BCUT2D eigenvalue weighted by Gasteiger charge is -2.57. The van der Waals surface area contributed by atoms with Gasteiger partial charge in [-0.25, -0.2) is 14.4 Å². The Kier molecular flexibility index (Phi) is 5.16. The monoisotopic (exact) mass is 472 g/mol. The molecule has 5 heterocycles. The van der Waals surface area contributed by atoms with Crippen molar-refractivity contribution < 1.29 is 9.18 Å². The number of amides is 1. The first-order chi connectivity index (χ1) is 17.0. The summed E-state index contributed by atoms with van der Waals surface area (Å²) in [5, 5.41) is 11.8. The second kappa shape index (κ2) is 8.37. The van der Waals surface area contributed by atoms with Crippen molar-refractivity contribution in [2.75, 3.05) is 11.9 Å². The molecule has 7 rings (SSSR count). The number of nitrogens with zero attached hydrogens (tertiary/aromatic N) is 7. The number of carbonyl (C=O) groups excluding carboxylic acids is 1. The zero-order chi connectivity index (χ0) is 24.1. The first-order valence-corrected chi connectivity index (χ1v) is 11.8. The van der Waals surface area contributed by atoms with Gasteiger partial charge < -0.3 is 10.2 Å². The molecule has 3 fully saturated rings. The van der Waals surface area contributed by atoms with Crippen molar-refractivity contribution in [2.45, 2.75) is 38.8 Å². The van der Waals surface area contributed by atoms with Gasteiger partial charge in [0, 0.05) is 24.3 Å². The van der Waals surface area contributed by atoms with E-state index in [1.54, 1.807) is 24.7 Å². The highest BCUT2D eigenvalue weighted by molar-refractivity contribution is 5.96. The average molecular weight is 473 g/mol. The van der Waals surface area contributed by atoms with E-state index < -0.39 is 0 Å². The molecule has 0 spiro atoms. The van der Waals surface area contributed by atoms with Crippen molar-refractivity contribution in [1.82, 2.24) is 34.8 Å². The Morgan fingerprint density at radius 3 is 2.71 bits per heavy atom. The molecule has 1 aromatic carbocycles. The van der Waals surface area contributed by atoms with E-state index in [0.717, 1.165) is 18.5 Å². The number of benzene rings is 1. The fourth-order valence-electron chi connectivity index (χ4n) is 5.33. The van der Waals surface area contributed by atoms with E-state index in [1.165, 1.54) is 16.9 Å². The van der Waals surface area contributed by atoms with Crippen LogP contribution < -0.4 is 5.32 Å². The summed E-state index contributed by atoms with van der Waals surface area (Å²) >= 11 is 0. The van der Waals surface area contributed by atoms with Crippen LogP contribution in [0.15, 0.2) is 48.9 Å². The first-order valence-electron chi connectivity index (χ1n) is 11.8. The first kappa shape index (κ1) is 21.6. The minimum Gasteiger partial charge on any atom is -0.367 e. The molecule has 1 N–H and O–H groups in total. The van der Waals surface area contributed by atoms with Gasteiger partial charge in [0.05, 0.1) is 35.7 Å². The number of rotatable bonds is 5. The Labute approximate surface area is 201 Å². The van der Waals surface area contributed by atoms with Crippen molar-refractivity contribution >= 4 is 22.8 Å². The predicted octanol–water partition coefficient (Wildman–Crippen LogP) is 3.40. The maximum atomic E-state index is 14.0. The summed E-state index contributed by atoms with van der Waals surface area (Å²) in [4.78, 5) is 30.9. The summed E-state index contributed by atoms with van der Waals surface area (Å²) in [6.07, 6.45) is 6.78. The summed E-state index contributed by atoms with van der Waals surface area (Å²) in [6.45, 7) is 4.61. The van der Waals surface area contributed by atoms with E-state index in [0.29, 0.717) is 46.6 Å². The van der Waals surface area contributed by atoms with Gasteiger partial charge in [-0.2, -0.15) is 10.2 Å². The van der Waals surface area contributed by atoms with Crippen LogP contribution in [0.5, 0.6) is 0 Å². The third-order valence-corrected chi connectivity index (χ3v) is 7.33. The molecule has 0 unspecified atom stereocenters. The summed E-state index contributed by atoms with van der Waals surface area (Å²) in [5.41, 5.74) is 2.81. The number of fused-ring (bicyclic) bond motifs is 3. The average Bonchev–Trinajstić information content (AvgIpc) is 3.36. The van der Waals surface area contributed by atoms with Gasteiger partial charge in [-0.05, 0) is 55.9 Å². The van der Waals surface area contributed by atoms with Crippen LogP contribution in [0.25, 0.3) is 16.7 Å². The highest BCUT2D eigenvalue weighted by Crippen LogP contribution is 2.47. The molecule has 35 heavy (non-hydrogen) atoms. The number of pyridine rings is 1. The van der Waals surface area contributed by atoms with Gasteiger partial charge in [0.25, 0.3) is 5.91 Å². The molecule has 2 atom stereocenters. The minimum absolute atomic E-state index is 0.0357. The van der Waals surface area contributed by atoms with Crippen molar-refractivity contribution in [1.29, 1.82) is 0 Å². The lowest BCUT2D eigenvalue weighted by atomic mass is 9.64. The topological polar surface area (TPSA) is 102 Å². The fourth-order valence-corrected chi connectivity index (χ4v) is 5.33. The number of aryl methyl sites for hydroxylation is 1. The minimum atomic E-state index is -0.341. The van der Waals surface area contributed by atoms with Gasteiger partial charge in [-0.3, -0.25) is 9.78 Å². The maximum Gasteiger partial charge on any atom is 0.275 e. The van der Waals surface area contributed by atoms with Crippen molar-refractivity contribution in [3.63, 3.8) is 0 Å². The van der Waals surface area contributed by atoms with E-state index in [2.05, 4.69) is 37.4 Å². The zero-order valence-electron chi connectivity index (χ0n) is 19.5. The van der Waals surface area contributed by atoms with E-state index in [-0.39, 0.29) is 23.8 Å². The summed E-state index contributed by atoms with van der Waals surface area (Å²) < 4.78 is 13.5. The van der Waals surface area contributed by atoms with E-state index in [1.807, 2.05) is 24.0 Å². The van der Waals surface area contributed by atoms with Crippen LogP contribution in [0.2, 0.25) is 0 Å². The van der Waals surface area contributed by atoms with Crippen LogP contribution in [-0.4, -0.2) is 59.4 Å². The number of nitrogens with one attached hydrogen (secondary N) is 1. The molecule has 1 amide bonds. The highest BCUT2D eigenvalue weighted by Gasteiger charge is 2.51. The van der Waals surface area contributed by atoms with Crippen LogP contribution >= 0.6 is 0 Å². The molecule has 9 nitrogen and oxygen atoms in total. The molecule has 10 heteroatoms. The molecular formula is C25H25FN8O. The Balaban J connectivity index is 1.29. The van der Waals surface area contributed by atoms with Crippen LogP contribution in [-0.2, 0) is 0 Å².